The Hall–Kier alpha value is -2.38. The monoisotopic (exact) mass is 410 g/mol. The van der Waals surface area contributed by atoms with E-state index in [4.69, 9.17) is 4.74 Å². The second-order valence-electron chi connectivity index (χ2n) is 8.28. The number of benzene rings is 1. The Kier molecular flexibility index (Phi) is 7.02. The largest absolute Gasteiger partial charge is 0.379 e. The molecule has 0 unspecified atom stereocenters. The molecule has 7 heteroatoms. The van der Waals surface area contributed by atoms with Gasteiger partial charge in [0.15, 0.2) is 5.96 Å². The summed E-state index contributed by atoms with van der Waals surface area (Å²) in [6, 6.07) is 10.4. The summed E-state index contributed by atoms with van der Waals surface area (Å²) < 4.78 is 7.47. The van der Waals surface area contributed by atoms with Gasteiger partial charge in [-0.1, -0.05) is 31.4 Å². The van der Waals surface area contributed by atoms with E-state index in [9.17, 15) is 0 Å². The second-order valence-corrected chi connectivity index (χ2v) is 8.28. The Balaban J connectivity index is 1.32. The summed E-state index contributed by atoms with van der Waals surface area (Å²) in [5.74, 6) is 0.865. The summed E-state index contributed by atoms with van der Waals surface area (Å²) in [4.78, 5) is 7.12. The van der Waals surface area contributed by atoms with Crippen LogP contribution < -0.4 is 10.6 Å². The van der Waals surface area contributed by atoms with Crippen molar-refractivity contribution >= 4 is 5.96 Å². The molecular formula is C23H34N6O. The summed E-state index contributed by atoms with van der Waals surface area (Å²) in [7, 11) is 1.85. The molecule has 1 saturated carbocycles. The molecule has 30 heavy (non-hydrogen) atoms. The minimum atomic E-state index is 0.227. The van der Waals surface area contributed by atoms with Gasteiger partial charge in [0.2, 0.25) is 0 Å². The lowest BCUT2D eigenvalue weighted by molar-refractivity contribution is -0.0352. The van der Waals surface area contributed by atoms with Gasteiger partial charge in [0, 0.05) is 51.2 Å². The molecule has 2 aliphatic rings. The average Bonchev–Trinajstić information content (AvgIpc) is 3.36. The molecule has 0 atom stereocenters. The lowest BCUT2D eigenvalue weighted by Gasteiger charge is -2.48. The van der Waals surface area contributed by atoms with Crippen LogP contribution in [0.3, 0.4) is 0 Å². The Labute approximate surface area is 179 Å². The van der Waals surface area contributed by atoms with Crippen LogP contribution in [0, 0.1) is 0 Å². The molecule has 2 heterocycles. The highest BCUT2D eigenvalue weighted by atomic mass is 16.5. The number of rotatable bonds is 6. The molecule has 0 spiro atoms. The topological polar surface area (TPSA) is 66.7 Å². The summed E-state index contributed by atoms with van der Waals surface area (Å²) in [5, 5.41) is 11.4. The van der Waals surface area contributed by atoms with E-state index < -0.39 is 0 Å². The van der Waals surface area contributed by atoms with Gasteiger partial charge in [-0.25, -0.2) is 4.68 Å². The Morgan fingerprint density at radius 2 is 1.87 bits per heavy atom. The number of hydrogen-bond acceptors (Lipinski definition) is 4. The van der Waals surface area contributed by atoms with Gasteiger partial charge in [-0.2, -0.15) is 5.10 Å². The quantitative estimate of drug-likeness (QED) is 0.566. The van der Waals surface area contributed by atoms with Crippen molar-refractivity contribution in [3.63, 3.8) is 0 Å². The Morgan fingerprint density at radius 1 is 1.10 bits per heavy atom. The predicted molar refractivity (Wildman–Crippen MR) is 120 cm³/mol. The van der Waals surface area contributed by atoms with Gasteiger partial charge >= 0.3 is 0 Å². The third kappa shape index (κ3) is 5.02. The Bertz CT molecular complexity index is 790. The van der Waals surface area contributed by atoms with E-state index in [1.807, 2.05) is 24.0 Å². The van der Waals surface area contributed by atoms with Crippen molar-refractivity contribution in [2.24, 2.45) is 4.99 Å². The zero-order chi connectivity index (χ0) is 20.7. The molecule has 0 amide bonds. The zero-order valence-corrected chi connectivity index (χ0v) is 18.0. The Morgan fingerprint density at radius 3 is 2.53 bits per heavy atom. The molecule has 1 aromatic heterocycles. The fourth-order valence-electron chi connectivity index (χ4n) is 4.70. The van der Waals surface area contributed by atoms with Crippen LogP contribution in [0.15, 0.2) is 47.7 Å². The smallest absolute Gasteiger partial charge is 0.191 e. The number of aromatic nitrogens is 2. The maximum Gasteiger partial charge on any atom is 0.191 e. The van der Waals surface area contributed by atoms with Crippen LogP contribution in [0.2, 0.25) is 0 Å². The predicted octanol–water partition coefficient (Wildman–Crippen LogP) is 2.57. The maximum atomic E-state index is 5.60. The third-order valence-corrected chi connectivity index (χ3v) is 6.44. The standard InChI is InChI=1S/C23H34N6O/c1-24-22(25-18-20-6-8-21(9-7-20)29-13-5-12-27-29)26-19-23(10-3-2-4-11-23)28-14-16-30-17-15-28/h5-9,12-13H,2-4,10-11,14-19H2,1H3,(H2,24,25,26). The van der Waals surface area contributed by atoms with Gasteiger partial charge in [0.1, 0.15) is 0 Å². The summed E-state index contributed by atoms with van der Waals surface area (Å²) in [5.41, 5.74) is 2.51. The highest BCUT2D eigenvalue weighted by Gasteiger charge is 2.38. The molecule has 0 bridgehead atoms. The first-order valence-corrected chi connectivity index (χ1v) is 11.2. The van der Waals surface area contributed by atoms with E-state index in [0.717, 1.165) is 51.0 Å². The number of morpholine rings is 1. The summed E-state index contributed by atoms with van der Waals surface area (Å²) >= 11 is 0. The number of nitrogens with zero attached hydrogens (tertiary/aromatic N) is 4. The van der Waals surface area contributed by atoms with Crippen molar-refractivity contribution in [2.75, 3.05) is 39.9 Å². The fourth-order valence-corrected chi connectivity index (χ4v) is 4.70. The number of nitrogens with one attached hydrogen (secondary N) is 2. The molecule has 162 valence electrons. The second kappa shape index (κ2) is 10.1. The van der Waals surface area contributed by atoms with Crippen molar-refractivity contribution in [1.82, 2.24) is 25.3 Å². The number of aliphatic imine (C=N–C) groups is 1. The van der Waals surface area contributed by atoms with Crippen molar-refractivity contribution in [2.45, 2.75) is 44.2 Å². The SMILES string of the molecule is CN=C(NCc1ccc(-n2cccn2)cc1)NCC1(N2CCOCC2)CCCCC1. The number of ether oxygens (including phenoxy) is 1. The lowest BCUT2D eigenvalue weighted by Crippen LogP contribution is -2.60. The molecule has 1 aliphatic carbocycles. The van der Waals surface area contributed by atoms with Gasteiger partial charge in [-0.15, -0.1) is 0 Å². The molecule has 1 saturated heterocycles. The number of guanidine groups is 1. The van der Waals surface area contributed by atoms with Crippen LogP contribution in [0.5, 0.6) is 0 Å². The molecule has 2 fully saturated rings. The average molecular weight is 411 g/mol. The van der Waals surface area contributed by atoms with E-state index >= 15 is 0 Å². The van der Waals surface area contributed by atoms with Crippen LogP contribution in [0.25, 0.3) is 5.69 Å². The minimum absolute atomic E-state index is 0.227. The van der Waals surface area contributed by atoms with Crippen LogP contribution in [0.1, 0.15) is 37.7 Å². The van der Waals surface area contributed by atoms with Gasteiger partial charge in [0.25, 0.3) is 0 Å². The highest BCUT2D eigenvalue weighted by Crippen LogP contribution is 2.33. The zero-order valence-electron chi connectivity index (χ0n) is 18.0. The third-order valence-electron chi connectivity index (χ3n) is 6.44. The van der Waals surface area contributed by atoms with Gasteiger partial charge in [-0.05, 0) is 36.6 Å². The number of hydrogen-bond donors (Lipinski definition) is 2. The van der Waals surface area contributed by atoms with E-state index in [2.05, 4.69) is 49.9 Å². The van der Waals surface area contributed by atoms with Crippen molar-refractivity contribution < 1.29 is 4.74 Å². The molecule has 0 radical (unpaired) electrons. The molecular weight excluding hydrogens is 376 g/mol. The minimum Gasteiger partial charge on any atom is -0.379 e. The van der Waals surface area contributed by atoms with E-state index in [1.165, 1.54) is 37.7 Å². The molecule has 7 nitrogen and oxygen atoms in total. The van der Waals surface area contributed by atoms with Crippen molar-refractivity contribution in [3.05, 3.63) is 48.3 Å². The van der Waals surface area contributed by atoms with Crippen molar-refractivity contribution in [1.29, 1.82) is 0 Å². The van der Waals surface area contributed by atoms with Crippen LogP contribution in [-0.2, 0) is 11.3 Å². The van der Waals surface area contributed by atoms with Crippen molar-refractivity contribution in [3.8, 4) is 5.69 Å². The lowest BCUT2D eigenvalue weighted by atomic mass is 9.80. The fraction of sp³-hybridized carbons (Fsp3) is 0.565. The van der Waals surface area contributed by atoms with Gasteiger partial charge in [-0.3, -0.25) is 9.89 Å². The van der Waals surface area contributed by atoms with Gasteiger partial charge in [0.05, 0.1) is 18.9 Å². The summed E-state index contributed by atoms with van der Waals surface area (Å²) in [6.07, 6.45) is 10.2. The van der Waals surface area contributed by atoms with Crippen LogP contribution >= 0.6 is 0 Å². The molecule has 2 aromatic rings. The molecule has 4 rings (SSSR count). The van der Waals surface area contributed by atoms with Crippen LogP contribution in [0.4, 0.5) is 0 Å². The molecule has 1 aliphatic heterocycles. The first-order valence-electron chi connectivity index (χ1n) is 11.2. The van der Waals surface area contributed by atoms with Crippen LogP contribution in [-0.4, -0.2) is 66.1 Å². The first-order chi connectivity index (χ1) is 14.8. The normalized spacial score (nSPS) is 20.1. The van der Waals surface area contributed by atoms with Gasteiger partial charge < -0.3 is 15.4 Å². The molecule has 2 N–H and O–H groups in total. The van der Waals surface area contributed by atoms with E-state index in [0.29, 0.717) is 0 Å². The summed E-state index contributed by atoms with van der Waals surface area (Å²) in [6.45, 7) is 5.45. The maximum absolute atomic E-state index is 5.60. The van der Waals surface area contributed by atoms with E-state index in [-0.39, 0.29) is 5.54 Å². The van der Waals surface area contributed by atoms with E-state index in [1.54, 1.807) is 6.20 Å². The highest BCUT2D eigenvalue weighted by molar-refractivity contribution is 5.79. The molecule has 1 aromatic carbocycles. The first kappa shape index (κ1) is 20.9.